The van der Waals surface area contributed by atoms with Crippen LogP contribution in [0.3, 0.4) is 0 Å². The Hall–Kier alpha value is -5.19. The number of aromatic amines is 2. The third-order valence-electron chi connectivity index (χ3n) is 10.7. The molecule has 0 unspecified atom stereocenters. The van der Waals surface area contributed by atoms with Crippen LogP contribution in [-0.2, 0) is 12.8 Å². The lowest BCUT2D eigenvalue weighted by Crippen LogP contribution is -2.31. The van der Waals surface area contributed by atoms with E-state index in [1.165, 1.54) is 51.4 Å². The Morgan fingerprint density at radius 2 is 1.17 bits per heavy atom. The van der Waals surface area contributed by atoms with Crippen molar-refractivity contribution in [2.75, 3.05) is 18.4 Å². The van der Waals surface area contributed by atoms with E-state index in [2.05, 4.69) is 55.2 Å². The number of fused-ring (bicyclic) bond motifs is 4. The van der Waals surface area contributed by atoms with Crippen LogP contribution >= 0.6 is 11.6 Å². The van der Waals surface area contributed by atoms with Crippen molar-refractivity contribution >= 4 is 51.0 Å². The summed E-state index contributed by atoms with van der Waals surface area (Å²) in [6, 6.07) is 25.0. The van der Waals surface area contributed by atoms with Gasteiger partial charge in [0.25, 0.3) is 11.8 Å². The predicted octanol–water partition coefficient (Wildman–Crippen LogP) is 7.93. The molecule has 10 nitrogen and oxygen atoms in total. The van der Waals surface area contributed by atoms with E-state index in [-0.39, 0.29) is 11.8 Å². The minimum atomic E-state index is -0.0232. The highest BCUT2D eigenvalue weighted by molar-refractivity contribution is 6.29. The Morgan fingerprint density at radius 1 is 0.642 bits per heavy atom. The lowest BCUT2D eigenvalue weighted by atomic mass is 10.1. The number of pyridine rings is 2. The number of H-pyrrole nitrogens is 2. The molecule has 10 rings (SSSR count). The van der Waals surface area contributed by atoms with Gasteiger partial charge in [0.15, 0.2) is 0 Å². The van der Waals surface area contributed by atoms with Crippen molar-refractivity contribution in [2.24, 2.45) is 5.73 Å². The summed E-state index contributed by atoms with van der Waals surface area (Å²) < 4.78 is 0. The summed E-state index contributed by atoms with van der Waals surface area (Å²) in [4.78, 5) is 40.1. The van der Waals surface area contributed by atoms with Crippen molar-refractivity contribution < 1.29 is 9.59 Å². The van der Waals surface area contributed by atoms with Crippen LogP contribution in [0.5, 0.6) is 0 Å². The molecule has 53 heavy (non-hydrogen) atoms. The van der Waals surface area contributed by atoms with Crippen LogP contribution in [0.4, 0.5) is 5.82 Å². The Labute approximate surface area is 313 Å². The molecule has 7 N–H and O–H groups in total. The van der Waals surface area contributed by atoms with Gasteiger partial charge >= 0.3 is 0 Å². The first-order valence-electron chi connectivity index (χ1n) is 18.9. The van der Waals surface area contributed by atoms with E-state index < -0.39 is 0 Å². The summed E-state index contributed by atoms with van der Waals surface area (Å²) in [6.45, 7) is 1.36. The number of hydrogen-bond acceptors (Lipinski definition) is 6. The molecule has 0 saturated heterocycles. The smallest absolute Gasteiger partial charge is 0.253 e. The second-order valence-corrected chi connectivity index (χ2v) is 14.8. The first-order valence-corrected chi connectivity index (χ1v) is 19.3. The van der Waals surface area contributed by atoms with Crippen LogP contribution in [0.2, 0.25) is 5.15 Å². The van der Waals surface area contributed by atoms with Crippen LogP contribution in [0, 0.1) is 0 Å². The molecule has 2 fully saturated rings. The summed E-state index contributed by atoms with van der Waals surface area (Å²) in [5.41, 5.74) is 14.7. The van der Waals surface area contributed by atoms with Crippen molar-refractivity contribution in [3.63, 3.8) is 0 Å². The number of hydrogen-bond donors (Lipinski definition) is 6. The number of anilines is 1. The highest BCUT2D eigenvalue weighted by atomic mass is 35.5. The maximum absolute atomic E-state index is 12.1. The summed E-state index contributed by atoms with van der Waals surface area (Å²) in [5.74, 6) is 0.918. The molecule has 4 aliphatic rings. The van der Waals surface area contributed by atoms with E-state index in [0.717, 1.165) is 85.5 Å². The molecular formula is C42H45ClN8O2. The molecule has 4 aromatic heterocycles. The molecule has 2 amide bonds. The van der Waals surface area contributed by atoms with E-state index in [9.17, 15) is 9.59 Å². The van der Waals surface area contributed by atoms with Crippen molar-refractivity contribution in [1.29, 1.82) is 0 Å². The Kier molecular flexibility index (Phi) is 10.1. The summed E-state index contributed by atoms with van der Waals surface area (Å²) in [6.07, 6.45) is 12.0. The highest BCUT2D eigenvalue weighted by Gasteiger charge is 2.22. The maximum Gasteiger partial charge on any atom is 0.253 e. The average Bonchev–Trinajstić information content (AvgIpc) is 4.01. The lowest BCUT2D eigenvalue weighted by molar-refractivity contribution is 0.0937. The first kappa shape index (κ1) is 34.9. The quantitative estimate of drug-likeness (QED) is 0.101. The van der Waals surface area contributed by atoms with E-state index >= 15 is 0 Å². The van der Waals surface area contributed by atoms with Gasteiger partial charge in [-0.05, 0) is 62.1 Å². The molecular weight excluding hydrogens is 684 g/mol. The standard InChI is InChI=1S/C21H22N4O.C16H12ClN3O.C5H11N/c26-21-16-12-18(24-17(16)10-11-22-21)15-7-3-4-13-8-9-19(25-20(13)15)23-14-5-1-2-6-14;17-14-5-4-9-2-1-3-10(15(9)20-14)13-8-11-12(19-13)6-7-18-16(11)21;6-5-3-1-2-4-5/h3-4,7-9,12,14,24H,1-2,5-6,10-11H2,(H,22,26)(H,23,25);1-5,8,19H,6-7H2,(H,18,21);5H,1-4,6H2. The second kappa shape index (κ2) is 15.4. The molecule has 6 aromatic rings. The van der Waals surface area contributed by atoms with Crippen molar-refractivity contribution in [2.45, 2.75) is 76.3 Å². The lowest BCUT2D eigenvalue weighted by Gasteiger charge is -2.14. The number of carbonyl (C=O) groups excluding carboxylic acids is 2. The average molecular weight is 729 g/mol. The van der Waals surface area contributed by atoms with Crippen molar-refractivity contribution in [3.8, 4) is 22.5 Å². The number of amides is 2. The van der Waals surface area contributed by atoms with Gasteiger partial charge in [-0.3, -0.25) is 9.59 Å². The van der Waals surface area contributed by atoms with Crippen molar-refractivity contribution in [3.05, 3.63) is 100 Å². The first-order chi connectivity index (χ1) is 25.9. The number of para-hydroxylation sites is 2. The number of carbonyl (C=O) groups is 2. The minimum Gasteiger partial charge on any atom is -0.367 e. The maximum atomic E-state index is 12.1. The van der Waals surface area contributed by atoms with Gasteiger partial charge in [-0.1, -0.05) is 73.7 Å². The van der Waals surface area contributed by atoms with Crippen LogP contribution in [0.25, 0.3) is 44.3 Å². The molecule has 2 aromatic carbocycles. The molecule has 272 valence electrons. The number of rotatable bonds is 4. The van der Waals surface area contributed by atoms with Gasteiger partial charge < -0.3 is 31.7 Å². The zero-order chi connectivity index (χ0) is 36.3. The van der Waals surface area contributed by atoms with E-state index in [1.807, 2.05) is 42.5 Å². The second-order valence-electron chi connectivity index (χ2n) is 14.4. The van der Waals surface area contributed by atoms with E-state index in [4.69, 9.17) is 22.3 Å². The number of aromatic nitrogens is 4. The minimum absolute atomic E-state index is 0.00512. The normalized spacial score (nSPS) is 16.9. The molecule has 11 heteroatoms. The van der Waals surface area contributed by atoms with Gasteiger partial charge in [0.1, 0.15) is 11.0 Å². The SMILES string of the molecule is NC1CCCC1.O=C1NCCc2[nH]c(-c3cccc4ccc(Cl)nc34)cc21.O=C1NCCc2[nH]c(-c3cccc4ccc(NC5CCCC5)nc34)cc21. The number of nitrogens with one attached hydrogen (secondary N) is 5. The number of halogens is 1. The number of nitrogens with zero attached hydrogens (tertiary/aromatic N) is 2. The molecule has 0 bridgehead atoms. The van der Waals surface area contributed by atoms with Gasteiger partial charge in [-0.25, -0.2) is 9.97 Å². The van der Waals surface area contributed by atoms with Gasteiger partial charge in [0.2, 0.25) is 0 Å². The Morgan fingerprint density at radius 3 is 1.70 bits per heavy atom. The largest absolute Gasteiger partial charge is 0.367 e. The fraction of sp³-hybridized carbons (Fsp3) is 0.333. The van der Waals surface area contributed by atoms with Gasteiger partial charge in [-0.2, -0.15) is 0 Å². The summed E-state index contributed by atoms with van der Waals surface area (Å²) in [7, 11) is 0. The van der Waals surface area contributed by atoms with Crippen LogP contribution < -0.4 is 21.7 Å². The third kappa shape index (κ3) is 7.65. The number of benzene rings is 2. The van der Waals surface area contributed by atoms with Crippen LogP contribution in [-0.4, -0.2) is 56.9 Å². The van der Waals surface area contributed by atoms with Crippen LogP contribution in [0.1, 0.15) is 83.5 Å². The Bertz CT molecular complexity index is 2280. The van der Waals surface area contributed by atoms with Crippen molar-refractivity contribution in [1.82, 2.24) is 30.6 Å². The van der Waals surface area contributed by atoms with Gasteiger partial charge in [-0.15, -0.1) is 0 Å². The van der Waals surface area contributed by atoms with E-state index in [1.54, 1.807) is 6.07 Å². The van der Waals surface area contributed by atoms with Gasteiger partial charge in [0, 0.05) is 82.7 Å². The third-order valence-corrected chi connectivity index (χ3v) is 10.9. The summed E-state index contributed by atoms with van der Waals surface area (Å²) >= 11 is 6.02. The Balaban J connectivity index is 0.000000133. The van der Waals surface area contributed by atoms with E-state index in [0.29, 0.717) is 30.3 Å². The molecule has 0 radical (unpaired) electrons. The molecule has 0 spiro atoms. The summed E-state index contributed by atoms with van der Waals surface area (Å²) in [5, 5.41) is 11.9. The molecule has 2 aliphatic heterocycles. The number of nitrogens with two attached hydrogens (primary N) is 1. The molecule has 6 heterocycles. The van der Waals surface area contributed by atoms with Gasteiger partial charge in [0.05, 0.1) is 22.2 Å². The topological polar surface area (TPSA) is 154 Å². The fourth-order valence-corrected chi connectivity index (χ4v) is 8.05. The van der Waals surface area contributed by atoms with Crippen LogP contribution in [0.15, 0.2) is 72.8 Å². The predicted molar refractivity (Wildman–Crippen MR) is 212 cm³/mol. The zero-order valence-electron chi connectivity index (χ0n) is 29.7. The molecule has 2 aliphatic carbocycles. The molecule has 2 saturated carbocycles. The zero-order valence-corrected chi connectivity index (χ0v) is 30.5. The monoisotopic (exact) mass is 728 g/mol. The fourth-order valence-electron chi connectivity index (χ4n) is 7.90. The molecule has 0 atom stereocenters. The highest BCUT2D eigenvalue weighted by Crippen LogP contribution is 2.32.